The zero-order valence-electron chi connectivity index (χ0n) is 10.3. The Kier molecular flexibility index (Phi) is 4.50. The van der Waals surface area contributed by atoms with Crippen LogP contribution < -0.4 is 5.32 Å². The molecule has 0 fully saturated rings. The van der Waals surface area contributed by atoms with E-state index in [2.05, 4.69) is 12.2 Å². The maximum Gasteiger partial charge on any atom is 0.327 e. The molecule has 0 saturated heterocycles. The topological polar surface area (TPSA) is 38.3 Å². The number of ether oxygens (including phenoxy) is 1. The lowest BCUT2D eigenvalue weighted by Crippen LogP contribution is -2.27. The third-order valence-electron chi connectivity index (χ3n) is 2.68. The van der Waals surface area contributed by atoms with Crippen LogP contribution >= 0.6 is 0 Å². The molecular weight excluding hydrogens is 202 g/mol. The van der Waals surface area contributed by atoms with E-state index in [9.17, 15) is 4.79 Å². The zero-order valence-corrected chi connectivity index (χ0v) is 10.3. The molecule has 1 unspecified atom stereocenters. The van der Waals surface area contributed by atoms with Gasteiger partial charge in [0.2, 0.25) is 0 Å². The molecule has 0 heterocycles. The van der Waals surface area contributed by atoms with Crippen molar-refractivity contribution in [2.45, 2.75) is 26.8 Å². The summed E-state index contributed by atoms with van der Waals surface area (Å²) < 4.78 is 5.02. The molecule has 3 heteroatoms. The van der Waals surface area contributed by atoms with E-state index in [0.29, 0.717) is 6.61 Å². The van der Waals surface area contributed by atoms with Gasteiger partial charge in [-0.1, -0.05) is 18.2 Å². The highest BCUT2D eigenvalue weighted by atomic mass is 16.5. The van der Waals surface area contributed by atoms with Gasteiger partial charge in [0.05, 0.1) is 6.61 Å². The summed E-state index contributed by atoms with van der Waals surface area (Å²) in [6, 6.07) is 5.63. The third kappa shape index (κ3) is 2.83. The molecule has 1 aromatic rings. The van der Waals surface area contributed by atoms with Crippen LogP contribution in [0, 0.1) is 13.8 Å². The fourth-order valence-corrected chi connectivity index (χ4v) is 1.59. The summed E-state index contributed by atoms with van der Waals surface area (Å²) in [4.78, 5) is 11.7. The summed E-state index contributed by atoms with van der Waals surface area (Å²) in [6.07, 6.45) is 0. The summed E-state index contributed by atoms with van der Waals surface area (Å²) in [5.74, 6) is -0.228. The summed E-state index contributed by atoms with van der Waals surface area (Å²) in [5, 5.41) is 2.98. The van der Waals surface area contributed by atoms with Crippen LogP contribution in [0.15, 0.2) is 18.2 Å². The molecule has 0 aliphatic heterocycles. The van der Waals surface area contributed by atoms with E-state index in [1.807, 2.05) is 32.0 Å². The van der Waals surface area contributed by atoms with E-state index in [1.54, 1.807) is 7.05 Å². The monoisotopic (exact) mass is 221 g/mol. The van der Waals surface area contributed by atoms with Crippen molar-refractivity contribution in [2.75, 3.05) is 13.7 Å². The predicted octanol–water partition coefficient (Wildman–Crippen LogP) is 2.13. The number of aryl methyl sites for hydroxylation is 2. The number of benzene rings is 1. The van der Waals surface area contributed by atoms with Crippen LogP contribution in [0.5, 0.6) is 0 Å². The summed E-state index contributed by atoms with van der Waals surface area (Å²) in [5.41, 5.74) is 3.36. The lowest BCUT2D eigenvalue weighted by Gasteiger charge is -2.16. The van der Waals surface area contributed by atoms with Crippen LogP contribution in [0.25, 0.3) is 0 Å². The number of hydrogen-bond donors (Lipinski definition) is 1. The molecule has 1 rings (SSSR count). The molecule has 0 saturated carbocycles. The first kappa shape index (κ1) is 12.7. The quantitative estimate of drug-likeness (QED) is 0.791. The molecule has 16 heavy (non-hydrogen) atoms. The van der Waals surface area contributed by atoms with Crippen molar-refractivity contribution >= 4 is 5.97 Å². The molecule has 1 atom stereocenters. The van der Waals surface area contributed by atoms with E-state index in [0.717, 1.165) is 5.56 Å². The Morgan fingerprint density at radius 1 is 1.38 bits per heavy atom. The van der Waals surface area contributed by atoms with Gasteiger partial charge >= 0.3 is 5.97 Å². The van der Waals surface area contributed by atoms with Gasteiger partial charge < -0.3 is 10.1 Å². The van der Waals surface area contributed by atoms with Crippen molar-refractivity contribution in [1.82, 2.24) is 5.32 Å². The minimum absolute atomic E-state index is 0.228. The van der Waals surface area contributed by atoms with Crippen molar-refractivity contribution in [3.05, 3.63) is 34.9 Å². The Balaban J connectivity index is 2.95. The number of esters is 1. The number of carbonyl (C=O) groups is 1. The van der Waals surface area contributed by atoms with Crippen LogP contribution in [-0.4, -0.2) is 19.6 Å². The SMILES string of the molecule is CCOC(=O)C(NC)c1ccc(C)c(C)c1. The molecular formula is C13H19NO2. The minimum Gasteiger partial charge on any atom is -0.465 e. The van der Waals surface area contributed by atoms with Gasteiger partial charge in [0.1, 0.15) is 6.04 Å². The number of likely N-dealkylation sites (N-methyl/N-ethyl adjacent to an activating group) is 1. The molecule has 0 radical (unpaired) electrons. The second-order valence-corrected chi connectivity index (χ2v) is 3.82. The normalized spacial score (nSPS) is 12.2. The molecule has 0 bridgehead atoms. The van der Waals surface area contributed by atoms with Gasteiger partial charge in [0, 0.05) is 0 Å². The van der Waals surface area contributed by atoms with E-state index < -0.39 is 0 Å². The molecule has 1 N–H and O–H groups in total. The molecule has 3 nitrogen and oxygen atoms in total. The van der Waals surface area contributed by atoms with Gasteiger partial charge in [-0.25, -0.2) is 4.79 Å². The summed E-state index contributed by atoms with van der Waals surface area (Å²) in [6.45, 7) is 6.31. The Morgan fingerprint density at radius 2 is 2.06 bits per heavy atom. The predicted molar refractivity (Wildman–Crippen MR) is 64.3 cm³/mol. The third-order valence-corrected chi connectivity index (χ3v) is 2.68. The van der Waals surface area contributed by atoms with Gasteiger partial charge in [0.25, 0.3) is 0 Å². The number of nitrogens with one attached hydrogen (secondary N) is 1. The fourth-order valence-electron chi connectivity index (χ4n) is 1.59. The van der Waals surface area contributed by atoms with Crippen LogP contribution in [0.1, 0.15) is 29.7 Å². The van der Waals surface area contributed by atoms with Crippen molar-refractivity contribution < 1.29 is 9.53 Å². The second kappa shape index (κ2) is 5.66. The molecule has 0 amide bonds. The molecule has 0 aromatic heterocycles. The van der Waals surface area contributed by atoms with Gasteiger partial charge in [-0.05, 0) is 44.5 Å². The zero-order chi connectivity index (χ0) is 12.1. The smallest absolute Gasteiger partial charge is 0.327 e. The Bertz CT molecular complexity index is 374. The minimum atomic E-state index is -0.376. The van der Waals surface area contributed by atoms with E-state index in [4.69, 9.17) is 4.74 Å². The molecule has 88 valence electrons. The van der Waals surface area contributed by atoms with E-state index in [-0.39, 0.29) is 12.0 Å². The second-order valence-electron chi connectivity index (χ2n) is 3.82. The van der Waals surface area contributed by atoms with Crippen molar-refractivity contribution in [3.8, 4) is 0 Å². The average Bonchev–Trinajstić information content (AvgIpc) is 2.25. The standard InChI is InChI=1S/C13H19NO2/c1-5-16-13(15)12(14-4)11-7-6-9(2)10(3)8-11/h6-8,12,14H,5H2,1-4H3. The maximum absolute atomic E-state index is 11.7. The first-order valence-electron chi connectivity index (χ1n) is 5.51. The van der Waals surface area contributed by atoms with Crippen molar-refractivity contribution in [3.63, 3.8) is 0 Å². The Labute approximate surface area is 96.8 Å². The number of carbonyl (C=O) groups excluding carboxylic acids is 1. The van der Waals surface area contributed by atoms with Gasteiger partial charge in [-0.15, -0.1) is 0 Å². The lowest BCUT2D eigenvalue weighted by molar-refractivity contribution is -0.145. The Hall–Kier alpha value is -1.35. The maximum atomic E-state index is 11.7. The highest BCUT2D eigenvalue weighted by molar-refractivity contribution is 5.77. The average molecular weight is 221 g/mol. The van der Waals surface area contributed by atoms with Crippen LogP contribution in [-0.2, 0) is 9.53 Å². The number of hydrogen-bond acceptors (Lipinski definition) is 3. The largest absolute Gasteiger partial charge is 0.465 e. The van der Waals surface area contributed by atoms with Crippen LogP contribution in [0.2, 0.25) is 0 Å². The van der Waals surface area contributed by atoms with Crippen LogP contribution in [0.3, 0.4) is 0 Å². The molecule has 0 spiro atoms. The van der Waals surface area contributed by atoms with Gasteiger partial charge in [0.15, 0.2) is 0 Å². The summed E-state index contributed by atoms with van der Waals surface area (Å²) in [7, 11) is 1.76. The van der Waals surface area contributed by atoms with Crippen LogP contribution in [0.4, 0.5) is 0 Å². The summed E-state index contributed by atoms with van der Waals surface area (Å²) >= 11 is 0. The molecule has 1 aromatic carbocycles. The molecule has 0 aliphatic carbocycles. The Morgan fingerprint density at radius 3 is 2.56 bits per heavy atom. The molecule has 0 aliphatic rings. The highest BCUT2D eigenvalue weighted by Gasteiger charge is 2.19. The van der Waals surface area contributed by atoms with Crippen molar-refractivity contribution in [1.29, 1.82) is 0 Å². The first-order chi connectivity index (χ1) is 7.60. The lowest BCUT2D eigenvalue weighted by atomic mass is 10.0. The number of rotatable bonds is 4. The highest BCUT2D eigenvalue weighted by Crippen LogP contribution is 2.18. The van der Waals surface area contributed by atoms with Crippen molar-refractivity contribution in [2.24, 2.45) is 0 Å². The van der Waals surface area contributed by atoms with Gasteiger partial charge in [-0.2, -0.15) is 0 Å². The van der Waals surface area contributed by atoms with E-state index >= 15 is 0 Å². The van der Waals surface area contributed by atoms with Gasteiger partial charge in [-0.3, -0.25) is 0 Å². The first-order valence-corrected chi connectivity index (χ1v) is 5.51. The fraction of sp³-hybridized carbons (Fsp3) is 0.462. The van der Waals surface area contributed by atoms with E-state index in [1.165, 1.54) is 11.1 Å².